The molecule has 1 aliphatic carbocycles. The summed E-state index contributed by atoms with van der Waals surface area (Å²) < 4.78 is 7.52. The molecule has 1 amide bonds. The number of carbonyl (C=O) groups is 1. The largest absolute Gasteiger partial charge is 0.484 e. The van der Waals surface area contributed by atoms with Crippen molar-refractivity contribution in [3.63, 3.8) is 0 Å². The third kappa shape index (κ3) is 3.72. The molecule has 5 nitrogen and oxygen atoms in total. The van der Waals surface area contributed by atoms with Gasteiger partial charge < -0.3 is 10.1 Å². The molecular formula is C22H23N3O2. The normalized spacial score (nSPS) is 12.6. The molecule has 0 aliphatic heterocycles. The maximum absolute atomic E-state index is 12.5. The Morgan fingerprint density at radius 2 is 2.00 bits per heavy atom. The van der Waals surface area contributed by atoms with Gasteiger partial charge in [-0.3, -0.25) is 4.79 Å². The molecule has 0 saturated carbocycles. The lowest BCUT2D eigenvalue weighted by atomic mass is 10.2. The van der Waals surface area contributed by atoms with Gasteiger partial charge in [-0.25, -0.2) is 4.68 Å². The van der Waals surface area contributed by atoms with Crippen LogP contribution in [0.4, 0.5) is 5.82 Å². The van der Waals surface area contributed by atoms with Crippen LogP contribution in [0, 0.1) is 0 Å². The molecule has 5 heteroatoms. The third-order valence-corrected chi connectivity index (χ3v) is 4.84. The molecule has 1 aromatic heterocycles. The summed E-state index contributed by atoms with van der Waals surface area (Å²) in [7, 11) is 0. The molecule has 1 heterocycles. The number of hydrogen-bond acceptors (Lipinski definition) is 3. The van der Waals surface area contributed by atoms with E-state index in [2.05, 4.69) is 18.3 Å². The van der Waals surface area contributed by atoms with Crippen LogP contribution in [0.1, 0.15) is 30.2 Å². The van der Waals surface area contributed by atoms with E-state index in [0.29, 0.717) is 5.75 Å². The Hall–Kier alpha value is -3.08. The quantitative estimate of drug-likeness (QED) is 0.723. The first-order valence-corrected chi connectivity index (χ1v) is 9.42. The number of aromatic nitrogens is 2. The van der Waals surface area contributed by atoms with Gasteiger partial charge in [-0.15, -0.1) is 0 Å². The number of benzene rings is 2. The standard InChI is InChI=1S/C22H23N3O2/c1-2-16-8-6-11-18(14-16)27-15-21(26)23-22-19-12-7-13-20(19)24-25(22)17-9-4-3-5-10-17/h3-6,8-11,14H,2,7,12-13,15H2,1H3,(H,23,26). The molecule has 0 unspecified atom stereocenters. The predicted octanol–water partition coefficient (Wildman–Crippen LogP) is 3.94. The number of rotatable bonds is 6. The van der Waals surface area contributed by atoms with Crippen molar-refractivity contribution in [2.24, 2.45) is 0 Å². The van der Waals surface area contributed by atoms with Crippen LogP contribution < -0.4 is 10.1 Å². The zero-order valence-corrected chi connectivity index (χ0v) is 15.4. The molecule has 0 fully saturated rings. The molecular weight excluding hydrogens is 338 g/mol. The second kappa shape index (κ2) is 7.66. The minimum absolute atomic E-state index is 0.0259. The summed E-state index contributed by atoms with van der Waals surface area (Å²) in [5.74, 6) is 1.31. The summed E-state index contributed by atoms with van der Waals surface area (Å²) in [5, 5.41) is 7.74. The number of nitrogens with one attached hydrogen (secondary N) is 1. The fraction of sp³-hybridized carbons (Fsp3) is 0.273. The third-order valence-electron chi connectivity index (χ3n) is 4.84. The first-order chi connectivity index (χ1) is 13.2. The highest BCUT2D eigenvalue weighted by Crippen LogP contribution is 2.30. The Kier molecular flexibility index (Phi) is 4.92. The van der Waals surface area contributed by atoms with Crippen LogP contribution in [0.25, 0.3) is 5.69 Å². The van der Waals surface area contributed by atoms with Crippen LogP contribution in [0.2, 0.25) is 0 Å². The zero-order chi connectivity index (χ0) is 18.6. The van der Waals surface area contributed by atoms with Crippen molar-refractivity contribution in [1.29, 1.82) is 0 Å². The van der Waals surface area contributed by atoms with E-state index in [4.69, 9.17) is 9.84 Å². The molecule has 27 heavy (non-hydrogen) atoms. The van der Waals surface area contributed by atoms with Crippen molar-refractivity contribution in [3.8, 4) is 11.4 Å². The number of para-hydroxylation sites is 1. The van der Waals surface area contributed by atoms with Gasteiger partial charge in [0, 0.05) is 5.56 Å². The van der Waals surface area contributed by atoms with Crippen molar-refractivity contribution in [2.75, 3.05) is 11.9 Å². The highest BCUT2D eigenvalue weighted by Gasteiger charge is 2.24. The smallest absolute Gasteiger partial charge is 0.263 e. The topological polar surface area (TPSA) is 56.1 Å². The highest BCUT2D eigenvalue weighted by molar-refractivity contribution is 5.92. The summed E-state index contributed by atoms with van der Waals surface area (Å²) in [6, 6.07) is 17.7. The molecule has 4 rings (SSSR count). The molecule has 0 radical (unpaired) electrons. The van der Waals surface area contributed by atoms with Gasteiger partial charge in [-0.1, -0.05) is 37.3 Å². The first kappa shape index (κ1) is 17.3. The monoisotopic (exact) mass is 361 g/mol. The molecule has 0 spiro atoms. The van der Waals surface area contributed by atoms with Crippen LogP contribution in [0.3, 0.4) is 0 Å². The summed E-state index contributed by atoms with van der Waals surface area (Å²) >= 11 is 0. The number of carbonyl (C=O) groups excluding carboxylic acids is 1. The SMILES string of the molecule is CCc1cccc(OCC(=O)Nc2c3c(nn2-c2ccccc2)CCC3)c1. The number of amides is 1. The van der Waals surface area contributed by atoms with Gasteiger partial charge in [-0.2, -0.15) is 5.10 Å². The predicted molar refractivity (Wildman–Crippen MR) is 106 cm³/mol. The van der Waals surface area contributed by atoms with Gasteiger partial charge in [0.2, 0.25) is 0 Å². The van der Waals surface area contributed by atoms with E-state index in [1.165, 1.54) is 5.56 Å². The average molecular weight is 361 g/mol. The number of ether oxygens (including phenoxy) is 1. The lowest BCUT2D eigenvalue weighted by Crippen LogP contribution is -2.22. The fourth-order valence-corrected chi connectivity index (χ4v) is 3.45. The fourth-order valence-electron chi connectivity index (χ4n) is 3.45. The summed E-state index contributed by atoms with van der Waals surface area (Å²) in [6.07, 6.45) is 3.91. The maximum atomic E-state index is 12.5. The maximum Gasteiger partial charge on any atom is 0.263 e. The second-order valence-corrected chi connectivity index (χ2v) is 6.71. The molecule has 0 bridgehead atoms. The lowest BCUT2D eigenvalue weighted by molar-refractivity contribution is -0.118. The van der Waals surface area contributed by atoms with E-state index >= 15 is 0 Å². The summed E-state index contributed by atoms with van der Waals surface area (Å²) in [4.78, 5) is 12.5. The molecule has 3 aromatic rings. The second-order valence-electron chi connectivity index (χ2n) is 6.71. The van der Waals surface area contributed by atoms with E-state index < -0.39 is 0 Å². The van der Waals surface area contributed by atoms with E-state index in [1.54, 1.807) is 0 Å². The van der Waals surface area contributed by atoms with Crippen molar-refractivity contribution in [3.05, 3.63) is 71.4 Å². The van der Waals surface area contributed by atoms with Gasteiger partial charge in [0.05, 0.1) is 11.4 Å². The summed E-state index contributed by atoms with van der Waals surface area (Å²) in [6.45, 7) is 2.07. The highest BCUT2D eigenvalue weighted by atomic mass is 16.5. The minimum Gasteiger partial charge on any atom is -0.484 e. The first-order valence-electron chi connectivity index (χ1n) is 9.42. The Bertz CT molecular complexity index is 947. The van der Waals surface area contributed by atoms with Crippen LogP contribution in [-0.2, 0) is 24.1 Å². The molecule has 1 N–H and O–H groups in total. The average Bonchev–Trinajstić information content (AvgIpc) is 3.30. The minimum atomic E-state index is -0.177. The van der Waals surface area contributed by atoms with E-state index in [1.807, 2.05) is 53.2 Å². The van der Waals surface area contributed by atoms with Crippen molar-refractivity contribution >= 4 is 11.7 Å². The Labute approximate surface area is 159 Å². The van der Waals surface area contributed by atoms with E-state index in [-0.39, 0.29) is 12.5 Å². The van der Waals surface area contributed by atoms with Gasteiger partial charge in [0.25, 0.3) is 5.91 Å². The Morgan fingerprint density at radius 1 is 1.15 bits per heavy atom. The van der Waals surface area contributed by atoms with E-state index in [9.17, 15) is 4.79 Å². The Balaban J connectivity index is 1.51. The van der Waals surface area contributed by atoms with Crippen molar-refractivity contribution in [1.82, 2.24) is 9.78 Å². The van der Waals surface area contributed by atoms with Gasteiger partial charge >= 0.3 is 0 Å². The Morgan fingerprint density at radius 3 is 2.81 bits per heavy atom. The van der Waals surface area contributed by atoms with Gasteiger partial charge in [0.15, 0.2) is 6.61 Å². The van der Waals surface area contributed by atoms with Gasteiger partial charge in [0.1, 0.15) is 11.6 Å². The summed E-state index contributed by atoms with van der Waals surface area (Å²) in [5.41, 5.74) is 4.34. The lowest BCUT2D eigenvalue weighted by Gasteiger charge is -2.12. The van der Waals surface area contributed by atoms with Crippen LogP contribution in [0.15, 0.2) is 54.6 Å². The van der Waals surface area contributed by atoms with Crippen LogP contribution in [-0.4, -0.2) is 22.3 Å². The van der Waals surface area contributed by atoms with Crippen LogP contribution >= 0.6 is 0 Å². The zero-order valence-electron chi connectivity index (χ0n) is 15.4. The van der Waals surface area contributed by atoms with E-state index in [0.717, 1.165) is 48.4 Å². The number of anilines is 1. The van der Waals surface area contributed by atoms with Gasteiger partial charge in [-0.05, 0) is 55.5 Å². The molecule has 2 aromatic carbocycles. The molecule has 0 saturated heterocycles. The molecule has 138 valence electrons. The number of nitrogens with zero attached hydrogens (tertiary/aromatic N) is 2. The number of aryl methyl sites for hydroxylation is 2. The van der Waals surface area contributed by atoms with Crippen molar-refractivity contribution in [2.45, 2.75) is 32.6 Å². The number of fused-ring (bicyclic) bond motifs is 1. The van der Waals surface area contributed by atoms with Crippen molar-refractivity contribution < 1.29 is 9.53 Å². The number of hydrogen-bond donors (Lipinski definition) is 1. The van der Waals surface area contributed by atoms with Crippen LogP contribution in [0.5, 0.6) is 5.75 Å². The molecule has 1 aliphatic rings. The molecule has 0 atom stereocenters.